The van der Waals surface area contributed by atoms with Gasteiger partial charge in [-0.2, -0.15) is 0 Å². The first-order valence-corrected chi connectivity index (χ1v) is 4.99. The highest BCUT2D eigenvalue weighted by Gasteiger charge is 2.11. The Morgan fingerprint density at radius 2 is 2.21 bits per heavy atom. The molecule has 3 nitrogen and oxygen atoms in total. The Morgan fingerprint density at radius 3 is 2.71 bits per heavy atom. The highest BCUT2D eigenvalue weighted by molar-refractivity contribution is 5.32. The van der Waals surface area contributed by atoms with Crippen LogP contribution in [0.25, 0.3) is 0 Å². The number of pyridine rings is 1. The Kier molecular flexibility index (Phi) is 4.40. The van der Waals surface area contributed by atoms with Gasteiger partial charge in [0.2, 0.25) is 0 Å². The van der Waals surface area contributed by atoms with Gasteiger partial charge in [-0.3, -0.25) is 0 Å². The van der Waals surface area contributed by atoms with Gasteiger partial charge in [-0.05, 0) is 18.1 Å². The number of anilines is 1. The van der Waals surface area contributed by atoms with E-state index in [0.29, 0.717) is 5.92 Å². The minimum absolute atomic E-state index is 0.220. The molecule has 1 unspecified atom stereocenters. The summed E-state index contributed by atoms with van der Waals surface area (Å²) < 4.78 is 0. The Labute approximate surface area is 85.2 Å². The maximum atomic E-state index is 9.11. The number of hydrogen-bond donors (Lipinski definition) is 2. The molecular weight excluding hydrogens is 176 g/mol. The number of nitrogens with one attached hydrogen (secondary N) is 1. The average Bonchev–Trinajstić information content (AvgIpc) is 2.20. The van der Waals surface area contributed by atoms with Crippen LogP contribution >= 0.6 is 0 Å². The summed E-state index contributed by atoms with van der Waals surface area (Å²) in [6.45, 7) is 5.21. The normalized spacial score (nSPS) is 12.9. The number of aliphatic hydroxyl groups is 1. The van der Waals surface area contributed by atoms with Crippen LogP contribution < -0.4 is 5.32 Å². The topological polar surface area (TPSA) is 45.1 Å². The van der Waals surface area contributed by atoms with Crippen LogP contribution in [0.15, 0.2) is 24.4 Å². The van der Waals surface area contributed by atoms with Gasteiger partial charge >= 0.3 is 0 Å². The summed E-state index contributed by atoms with van der Waals surface area (Å²) in [6, 6.07) is 5.75. The third-order valence-electron chi connectivity index (χ3n) is 2.39. The zero-order valence-corrected chi connectivity index (χ0v) is 8.77. The van der Waals surface area contributed by atoms with Crippen molar-refractivity contribution in [3.8, 4) is 0 Å². The molecule has 0 amide bonds. The van der Waals surface area contributed by atoms with Crippen LogP contribution in [0, 0.1) is 11.8 Å². The first-order valence-electron chi connectivity index (χ1n) is 4.99. The number of aromatic nitrogens is 1. The molecule has 1 atom stereocenters. The third kappa shape index (κ3) is 3.34. The van der Waals surface area contributed by atoms with E-state index in [1.807, 2.05) is 18.2 Å². The summed E-state index contributed by atoms with van der Waals surface area (Å²) in [4.78, 5) is 4.15. The Morgan fingerprint density at radius 1 is 1.43 bits per heavy atom. The van der Waals surface area contributed by atoms with E-state index in [2.05, 4.69) is 24.1 Å². The van der Waals surface area contributed by atoms with Crippen molar-refractivity contribution in [2.24, 2.45) is 11.8 Å². The van der Waals surface area contributed by atoms with Gasteiger partial charge in [-0.15, -0.1) is 0 Å². The van der Waals surface area contributed by atoms with Gasteiger partial charge in [0, 0.05) is 25.3 Å². The lowest BCUT2D eigenvalue weighted by molar-refractivity contribution is 0.198. The second-order valence-corrected chi connectivity index (χ2v) is 3.78. The molecular formula is C11H18N2O. The molecule has 0 aromatic carbocycles. The van der Waals surface area contributed by atoms with Crippen LogP contribution in [0.5, 0.6) is 0 Å². The van der Waals surface area contributed by atoms with Crippen LogP contribution in [0.1, 0.15) is 13.8 Å². The summed E-state index contributed by atoms with van der Waals surface area (Å²) >= 11 is 0. The Bertz CT molecular complexity index is 249. The fraction of sp³-hybridized carbons (Fsp3) is 0.545. The van der Waals surface area contributed by atoms with E-state index in [4.69, 9.17) is 5.11 Å². The van der Waals surface area contributed by atoms with E-state index in [1.54, 1.807) is 6.20 Å². The Balaban J connectivity index is 2.40. The van der Waals surface area contributed by atoms with Gasteiger partial charge < -0.3 is 10.4 Å². The molecule has 3 heteroatoms. The smallest absolute Gasteiger partial charge is 0.125 e. The molecule has 0 aliphatic rings. The molecule has 1 aromatic heterocycles. The standard InChI is InChI=1S/C11H18N2O/c1-9(2)10(8-14)7-13-11-5-3-4-6-12-11/h3-6,9-10,14H,7-8H2,1-2H3,(H,12,13). The molecule has 0 aliphatic heterocycles. The monoisotopic (exact) mass is 194 g/mol. The number of aliphatic hydroxyl groups excluding tert-OH is 1. The average molecular weight is 194 g/mol. The van der Waals surface area contributed by atoms with Crippen molar-refractivity contribution in [1.29, 1.82) is 0 Å². The summed E-state index contributed by atoms with van der Waals surface area (Å²) in [5.74, 6) is 1.64. The predicted molar refractivity (Wildman–Crippen MR) is 58.1 cm³/mol. The molecule has 78 valence electrons. The Hall–Kier alpha value is -1.09. The number of nitrogens with zero attached hydrogens (tertiary/aromatic N) is 1. The quantitative estimate of drug-likeness (QED) is 0.750. The summed E-state index contributed by atoms with van der Waals surface area (Å²) in [5.41, 5.74) is 0. The van der Waals surface area contributed by atoms with E-state index < -0.39 is 0 Å². The van der Waals surface area contributed by atoms with Crippen LogP contribution in [0.2, 0.25) is 0 Å². The van der Waals surface area contributed by atoms with E-state index in [1.165, 1.54) is 0 Å². The van der Waals surface area contributed by atoms with Gasteiger partial charge in [0.1, 0.15) is 5.82 Å². The predicted octanol–water partition coefficient (Wildman–Crippen LogP) is 1.76. The van der Waals surface area contributed by atoms with Crippen LogP contribution in [0.4, 0.5) is 5.82 Å². The van der Waals surface area contributed by atoms with Crippen molar-refractivity contribution in [1.82, 2.24) is 4.98 Å². The second kappa shape index (κ2) is 5.60. The largest absolute Gasteiger partial charge is 0.396 e. The molecule has 0 aliphatic carbocycles. The SMILES string of the molecule is CC(C)C(CO)CNc1ccccn1. The van der Waals surface area contributed by atoms with Crippen molar-refractivity contribution < 1.29 is 5.11 Å². The van der Waals surface area contributed by atoms with Crippen molar-refractivity contribution in [2.75, 3.05) is 18.5 Å². The molecule has 1 aromatic rings. The van der Waals surface area contributed by atoms with Crippen LogP contribution in [-0.4, -0.2) is 23.2 Å². The fourth-order valence-corrected chi connectivity index (χ4v) is 1.21. The second-order valence-electron chi connectivity index (χ2n) is 3.78. The van der Waals surface area contributed by atoms with Crippen molar-refractivity contribution in [2.45, 2.75) is 13.8 Å². The van der Waals surface area contributed by atoms with Crippen LogP contribution in [0.3, 0.4) is 0 Å². The lowest BCUT2D eigenvalue weighted by Crippen LogP contribution is -2.23. The van der Waals surface area contributed by atoms with Crippen molar-refractivity contribution in [3.05, 3.63) is 24.4 Å². The lowest BCUT2D eigenvalue weighted by Gasteiger charge is -2.18. The van der Waals surface area contributed by atoms with E-state index in [9.17, 15) is 0 Å². The molecule has 0 spiro atoms. The molecule has 0 radical (unpaired) electrons. The van der Waals surface area contributed by atoms with Gasteiger partial charge in [0.15, 0.2) is 0 Å². The molecule has 14 heavy (non-hydrogen) atoms. The van der Waals surface area contributed by atoms with Gasteiger partial charge in [-0.25, -0.2) is 4.98 Å². The highest BCUT2D eigenvalue weighted by Crippen LogP contribution is 2.10. The van der Waals surface area contributed by atoms with Crippen molar-refractivity contribution in [3.63, 3.8) is 0 Å². The molecule has 1 rings (SSSR count). The first-order chi connectivity index (χ1) is 6.74. The maximum Gasteiger partial charge on any atom is 0.125 e. The van der Waals surface area contributed by atoms with Crippen molar-refractivity contribution >= 4 is 5.82 Å². The molecule has 0 saturated carbocycles. The fourth-order valence-electron chi connectivity index (χ4n) is 1.21. The minimum Gasteiger partial charge on any atom is -0.396 e. The zero-order valence-electron chi connectivity index (χ0n) is 8.77. The van der Waals surface area contributed by atoms with Gasteiger partial charge in [0.25, 0.3) is 0 Å². The zero-order chi connectivity index (χ0) is 10.4. The summed E-state index contributed by atoms with van der Waals surface area (Å²) in [5, 5.41) is 12.3. The van der Waals surface area contributed by atoms with Crippen LogP contribution in [-0.2, 0) is 0 Å². The lowest BCUT2D eigenvalue weighted by atomic mass is 9.97. The highest BCUT2D eigenvalue weighted by atomic mass is 16.3. The third-order valence-corrected chi connectivity index (χ3v) is 2.39. The molecule has 1 heterocycles. The molecule has 0 fully saturated rings. The van der Waals surface area contributed by atoms with E-state index in [-0.39, 0.29) is 12.5 Å². The first kappa shape index (κ1) is 11.0. The van der Waals surface area contributed by atoms with E-state index in [0.717, 1.165) is 12.4 Å². The molecule has 0 saturated heterocycles. The maximum absolute atomic E-state index is 9.11. The summed E-state index contributed by atoms with van der Waals surface area (Å²) in [6.07, 6.45) is 1.76. The summed E-state index contributed by atoms with van der Waals surface area (Å²) in [7, 11) is 0. The molecule has 2 N–H and O–H groups in total. The molecule has 0 bridgehead atoms. The van der Waals surface area contributed by atoms with Gasteiger partial charge in [0.05, 0.1) is 0 Å². The van der Waals surface area contributed by atoms with E-state index >= 15 is 0 Å². The number of rotatable bonds is 5. The minimum atomic E-state index is 0.220. The van der Waals surface area contributed by atoms with Gasteiger partial charge in [-0.1, -0.05) is 19.9 Å². The number of hydrogen-bond acceptors (Lipinski definition) is 3.